The molecular weight excluding hydrogens is 314 g/mol. The third-order valence-electron chi connectivity index (χ3n) is 5.97. The molecule has 0 unspecified atom stereocenters. The van der Waals surface area contributed by atoms with Gasteiger partial charge in [-0.2, -0.15) is 0 Å². The first kappa shape index (κ1) is 17.1. The first-order valence-electron chi connectivity index (χ1n) is 9.66. The molecular formula is C25H27N. The Hall–Kier alpha value is -2.38. The van der Waals surface area contributed by atoms with Crippen molar-refractivity contribution < 1.29 is 0 Å². The Morgan fingerprint density at radius 1 is 0.654 bits per heavy atom. The molecule has 0 amide bonds. The summed E-state index contributed by atoms with van der Waals surface area (Å²) in [6.07, 6.45) is 2.40. The smallest absolute Gasteiger partial charge is 0.0601 e. The molecule has 0 saturated carbocycles. The van der Waals surface area contributed by atoms with E-state index in [1.54, 1.807) is 0 Å². The topological polar surface area (TPSA) is 3.24 Å². The van der Waals surface area contributed by atoms with Crippen molar-refractivity contribution in [1.29, 1.82) is 0 Å². The molecule has 1 heterocycles. The van der Waals surface area contributed by atoms with E-state index in [2.05, 4.69) is 103 Å². The molecule has 1 fully saturated rings. The second-order valence-corrected chi connectivity index (χ2v) is 7.69. The maximum absolute atomic E-state index is 2.66. The van der Waals surface area contributed by atoms with Crippen molar-refractivity contribution in [3.8, 4) is 0 Å². The van der Waals surface area contributed by atoms with E-state index in [1.807, 2.05) is 0 Å². The summed E-state index contributed by atoms with van der Waals surface area (Å²) in [5, 5.41) is 0. The van der Waals surface area contributed by atoms with E-state index in [0.717, 1.165) is 13.1 Å². The molecule has 3 aromatic rings. The normalized spacial score (nSPS) is 17.3. The van der Waals surface area contributed by atoms with Gasteiger partial charge in [0.05, 0.1) is 6.04 Å². The van der Waals surface area contributed by atoms with E-state index in [0.29, 0.717) is 6.04 Å². The van der Waals surface area contributed by atoms with Crippen LogP contribution >= 0.6 is 0 Å². The summed E-state index contributed by atoms with van der Waals surface area (Å²) in [5.74, 6) is 0. The second kappa shape index (κ2) is 7.47. The minimum atomic E-state index is 0.287. The van der Waals surface area contributed by atoms with Gasteiger partial charge in [0.15, 0.2) is 0 Å². The number of piperidine rings is 1. The molecule has 0 spiro atoms. The predicted octanol–water partition coefficient (Wildman–Crippen LogP) is 5.83. The van der Waals surface area contributed by atoms with E-state index < -0.39 is 0 Å². The number of benzene rings is 3. The molecule has 0 aliphatic carbocycles. The van der Waals surface area contributed by atoms with Gasteiger partial charge >= 0.3 is 0 Å². The Kier molecular flexibility index (Phi) is 4.90. The minimum absolute atomic E-state index is 0.287. The zero-order valence-corrected chi connectivity index (χ0v) is 15.5. The van der Waals surface area contributed by atoms with Crippen molar-refractivity contribution in [1.82, 2.24) is 4.90 Å². The van der Waals surface area contributed by atoms with Crippen LogP contribution < -0.4 is 0 Å². The number of hydrogen-bond donors (Lipinski definition) is 0. The van der Waals surface area contributed by atoms with Crippen LogP contribution in [0.4, 0.5) is 0 Å². The SMILES string of the molecule is CC1(c2ccccc2)CCN(C(c2ccccc2)c2ccccc2)CC1. The molecule has 0 aromatic heterocycles. The van der Waals surface area contributed by atoms with Gasteiger partial charge in [-0.25, -0.2) is 0 Å². The summed E-state index contributed by atoms with van der Waals surface area (Å²) >= 11 is 0. The molecule has 3 aromatic carbocycles. The Labute approximate surface area is 157 Å². The molecule has 4 rings (SSSR count). The first-order valence-corrected chi connectivity index (χ1v) is 9.66. The van der Waals surface area contributed by atoms with Crippen LogP contribution in [-0.2, 0) is 5.41 Å². The minimum Gasteiger partial charge on any atom is -0.292 e. The molecule has 132 valence electrons. The maximum atomic E-state index is 2.66. The van der Waals surface area contributed by atoms with Gasteiger partial charge in [0.25, 0.3) is 0 Å². The highest BCUT2D eigenvalue weighted by molar-refractivity contribution is 5.32. The zero-order valence-electron chi connectivity index (χ0n) is 15.5. The Morgan fingerprint density at radius 2 is 1.08 bits per heavy atom. The Bertz CT molecular complexity index is 763. The van der Waals surface area contributed by atoms with Crippen LogP contribution in [0.3, 0.4) is 0 Å². The second-order valence-electron chi connectivity index (χ2n) is 7.69. The van der Waals surface area contributed by atoms with E-state index in [9.17, 15) is 0 Å². The van der Waals surface area contributed by atoms with E-state index >= 15 is 0 Å². The summed E-state index contributed by atoms with van der Waals surface area (Å²) < 4.78 is 0. The largest absolute Gasteiger partial charge is 0.292 e. The molecule has 1 heteroatoms. The highest BCUT2D eigenvalue weighted by Gasteiger charge is 2.34. The average molecular weight is 341 g/mol. The molecule has 0 atom stereocenters. The van der Waals surface area contributed by atoms with E-state index in [1.165, 1.54) is 29.5 Å². The lowest BCUT2D eigenvalue weighted by Gasteiger charge is -2.43. The quantitative estimate of drug-likeness (QED) is 0.577. The van der Waals surface area contributed by atoms with Gasteiger partial charge < -0.3 is 0 Å². The van der Waals surface area contributed by atoms with Crippen molar-refractivity contribution in [2.75, 3.05) is 13.1 Å². The third-order valence-corrected chi connectivity index (χ3v) is 5.97. The molecule has 1 aliphatic rings. The summed E-state index contributed by atoms with van der Waals surface area (Å²) in [7, 11) is 0. The fraction of sp³-hybridized carbons (Fsp3) is 0.280. The van der Waals surface area contributed by atoms with Crippen molar-refractivity contribution in [2.45, 2.75) is 31.2 Å². The van der Waals surface area contributed by atoms with Crippen LogP contribution in [-0.4, -0.2) is 18.0 Å². The standard InChI is InChI=1S/C25H27N/c1-25(23-15-9-4-10-16-23)17-19-26(20-18-25)24(21-11-5-2-6-12-21)22-13-7-3-8-14-22/h2-16,24H,17-20H2,1H3. The highest BCUT2D eigenvalue weighted by atomic mass is 15.2. The molecule has 1 saturated heterocycles. The molecule has 26 heavy (non-hydrogen) atoms. The Balaban J connectivity index is 1.59. The fourth-order valence-corrected chi connectivity index (χ4v) is 4.29. The zero-order chi connectivity index (χ0) is 17.8. The summed E-state index contributed by atoms with van der Waals surface area (Å²) in [6, 6.07) is 33.3. The lowest BCUT2D eigenvalue weighted by Crippen LogP contribution is -2.43. The van der Waals surface area contributed by atoms with Crippen molar-refractivity contribution >= 4 is 0 Å². The van der Waals surface area contributed by atoms with Gasteiger partial charge in [-0.15, -0.1) is 0 Å². The lowest BCUT2D eigenvalue weighted by molar-refractivity contribution is 0.138. The van der Waals surface area contributed by atoms with Crippen LogP contribution in [0, 0.1) is 0 Å². The third kappa shape index (κ3) is 3.45. The van der Waals surface area contributed by atoms with Crippen LogP contribution in [0.25, 0.3) is 0 Å². The van der Waals surface area contributed by atoms with Crippen LogP contribution in [0.15, 0.2) is 91.0 Å². The summed E-state index contributed by atoms with van der Waals surface area (Å²) in [5.41, 5.74) is 4.55. The number of hydrogen-bond acceptors (Lipinski definition) is 1. The van der Waals surface area contributed by atoms with Gasteiger partial charge in [0, 0.05) is 0 Å². The van der Waals surface area contributed by atoms with Gasteiger partial charge in [0.2, 0.25) is 0 Å². The number of likely N-dealkylation sites (tertiary alicyclic amines) is 1. The van der Waals surface area contributed by atoms with Gasteiger partial charge in [-0.05, 0) is 48.0 Å². The molecule has 0 radical (unpaired) electrons. The fourth-order valence-electron chi connectivity index (χ4n) is 4.29. The van der Waals surface area contributed by atoms with Gasteiger partial charge in [-0.3, -0.25) is 4.90 Å². The average Bonchev–Trinajstić information content (AvgIpc) is 2.72. The summed E-state index contributed by atoms with van der Waals surface area (Å²) in [4.78, 5) is 2.66. The van der Waals surface area contributed by atoms with Crippen molar-refractivity contribution in [2.24, 2.45) is 0 Å². The molecule has 0 N–H and O–H groups in total. The summed E-state index contributed by atoms with van der Waals surface area (Å²) in [6.45, 7) is 4.68. The lowest BCUT2D eigenvalue weighted by atomic mass is 9.74. The van der Waals surface area contributed by atoms with Crippen LogP contribution in [0.1, 0.15) is 42.5 Å². The van der Waals surface area contributed by atoms with Crippen molar-refractivity contribution in [3.63, 3.8) is 0 Å². The van der Waals surface area contributed by atoms with E-state index in [4.69, 9.17) is 0 Å². The highest BCUT2D eigenvalue weighted by Crippen LogP contribution is 2.39. The monoisotopic (exact) mass is 341 g/mol. The number of rotatable bonds is 4. The van der Waals surface area contributed by atoms with E-state index in [-0.39, 0.29) is 5.41 Å². The number of nitrogens with zero attached hydrogens (tertiary/aromatic N) is 1. The first-order chi connectivity index (χ1) is 12.8. The predicted molar refractivity (Wildman–Crippen MR) is 109 cm³/mol. The van der Waals surface area contributed by atoms with Crippen LogP contribution in [0.2, 0.25) is 0 Å². The maximum Gasteiger partial charge on any atom is 0.0601 e. The van der Waals surface area contributed by atoms with Gasteiger partial charge in [0.1, 0.15) is 0 Å². The van der Waals surface area contributed by atoms with Gasteiger partial charge in [-0.1, -0.05) is 97.9 Å². The molecule has 1 aliphatic heterocycles. The van der Waals surface area contributed by atoms with Crippen molar-refractivity contribution in [3.05, 3.63) is 108 Å². The molecule has 0 bridgehead atoms. The van der Waals surface area contributed by atoms with Crippen LogP contribution in [0.5, 0.6) is 0 Å². The Morgan fingerprint density at radius 3 is 1.54 bits per heavy atom. The molecule has 1 nitrogen and oxygen atoms in total.